The number of aryl methyl sites for hydroxylation is 1. The first kappa shape index (κ1) is 12.1. The molecule has 1 aromatic carbocycles. The molecule has 1 aliphatic heterocycles. The van der Waals surface area contributed by atoms with Crippen LogP contribution in [0.25, 0.3) is 0 Å². The Kier molecular flexibility index (Phi) is 3.47. The SMILES string of the molecule is Cc1ccc(Br)c(N2CCC(=O)NCC2=O)c1. The third-order valence-corrected chi connectivity index (χ3v) is 3.36. The van der Waals surface area contributed by atoms with Crippen LogP contribution in [-0.4, -0.2) is 24.9 Å². The molecule has 2 amide bonds. The van der Waals surface area contributed by atoms with E-state index in [0.29, 0.717) is 13.0 Å². The van der Waals surface area contributed by atoms with Crippen LogP contribution in [0.4, 0.5) is 5.69 Å². The van der Waals surface area contributed by atoms with Crippen LogP contribution < -0.4 is 10.2 Å². The van der Waals surface area contributed by atoms with Crippen molar-refractivity contribution in [2.75, 3.05) is 18.0 Å². The van der Waals surface area contributed by atoms with Gasteiger partial charge < -0.3 is 10.2 Å². The Morgan fingerprint density at radius 2 is 2.12 bits per heavy atom. The quantitative estimate of drug-likeness (QED) is 0.856. The first-order chi connectivity index (χ1) is 8.08. The molecule has 0 unspecified atom stereocenters. The molecule has 0 radical (unpaired) electrons. The summed E-state index contributed by atoms with van der Waals surface area (Å²) in [5, 5.41) is 2.58. The highest BCUT2D eigenvalue weighted by atomic mass is 79.9. The van der Waals surface area contributed by atoms with Crippen molar-refractivity contribution < 1.29 is 9.59 Å². The molecule has 0 spiro atoms. The smallest absolute Gasteiger partial charge is 0.246 e. The lowest BCUT2D eigenvalue weighted by Gasteiger charge is -2.21. The molecule has 4 nitrogen and oxygen atoms in total. The number of amides is 2. The number of hydrogen-bond acceptors (Lipinski definition) is 2. The number of carbonyl (C=O) groups excluding carboxylic acids is 2. The normalized spacial score (nSPS) is 16.7. The van der Waals surface area contributed by atoms with Crippen LogP contribution in [0.1, 0.15) is 12.0 Å². The molecule has 1 N–H and O–H groups in total. The minimum atomic E-state index is -0.0813. The lowest BCUT2D eigenvalue weighted by Crippen LogP contribution is -2.35. The van der Waals surface area contributed by atoms with E-state index in [9.17, 15) is 9.59 Å². The van der Waals surface area contributed by atoms with Gasteiger partial charge in [0, 0.05) is 17.4 Å². The van der Waals surface area contributed by atoms with Gasteiger partial charge in [-0.15, -0.1) is 0 Å². The monoisotopic (exact) mass is 296 g/mol. The third-order valence-electron chi connectivity index (χ3n) is 2.69. The second kappa shape index (κ2) is 4.87. The second-order valence-electron chi connectivity index (χ2n) is 4.03. The van der Waals surface area contributed by atoms with Crippen LogP contribution in [-0.2, 0) is 9.59 Å². The van der Waals surface area contributed by atoms with Crippen LogP contribution in [0.15, 0.2) is 22.7 Å². The minimum Gasteiger partial charge on any atom is -0.347 e. The molecule has 1 heterocycles. The van der Waals surface area contributed by atoms with E-state index in [4.69, 9.17) is 0 Å². The van der Waals surface area contributed by atoms with Gasteiger partial charge in [0.2, 0.25) is 11.8 Å². The zero-order valence-electron chi connectivity index (χ0n) is 9.50. The van der Waals surface area contributed by atoms with Gasteiger partial charge in [0.1, 0.15) is 0 Å². The molecule has 0 bridgehead atoms. The van der Waals surface area contributed by atoms with Crippen molar-refractivity contribution >= 4 is 33.4 Å². The van der Waals surface area contributed by atoms with Crippen LogP contribution >= 0.6 is 15.9 Å². The van der Waals surface area contributed by atoms with E-state index < -0.39 is 0 Å². The van der Waals surface area contributed by atoms with Crippen LogP contribution in [0.3, 0.4) is 0 Å². The summed E-state index contributed by atoms with van der Waals surface area (Å²) in [5.41, 5.74) is 1.91. The van der Waals surface area contributed by atoms with Crippen LogP contribution in [0.5, 0.6) is 0 Å². The van der Waals surface area contributed by atoms with E-state index in [0.717, 1.165) is 15.7 Å². The molecule has 0 aliphatic carbocycles. The average molecular weight is 297 g/mol. The molecule has 0 atom stereocenters. The summed E-state index contributed by atoms with van der Waals surface area (Å²) in [6.45, 7) is 2.47. The molecule has 90 valence electrons. The molecule has 2 rings (SSSR count). The Bertz CT molecular complexity index is 474. The average Bonchev–Trinajstić information content (AvgIpc) is 2.46. The van der Waals surface area contributed by atoms with E-state index in [2.05, 4.69) is 21.2 Å². The number of hydrogen-bond donors (Lipinski definition) is 1. The van der Waals surface area contributed by atoms with Gasteiger partial charge >= 0.3 is 0 Å². The van der Waals surface area contributed by atoms with Gasteiger partial charge in [-0.25, -0.2) is 0 Å². The van der Waals surface area contributed by atoms with Crippen LogP contribution in [0, 0.1) is 6.92 Å². The molecular formula is C12H13BrN2O2. The summed E-state index contributed by atoms with van der Waals surface area (Å²) in [7, 11) is 0. The molecule has 1 saturated heterocycles. The third kappa shape index (κ3) is 2.66. The number of anilines is 1. The topological polar surface area (TPSA) is 49.4 Å². The van der Waals surface area contributed by atoms with Crippen molar-refractivity contribution in [3.05, 3.63) is 28.2 Å². The van der Waals surface area contributed by atoms with E-state index in [1.54, 1.807) is 4.90 Å². The molecular weight excluding hydrogens is 284 g/mol. The van der Waals surface area contributed by atoms with Gasteiger partial charge in [-0.3, -0.25) is 9.59 Å². The summed E-state index contributed by atoms with van der Waals surface area (Å²) in [5.74, 6) is -0.160. The van der Waals surface area contributed by atoms with Gasteiger partial charge in [-0.2, -0.15) is 0 Å². The molecule has 17 heavy (non-hydrogen) atoms. The number of nitrogens with zero attached hydrogens (tertiary/aromatic N) is 1. The Morgan fingerprint density at radius 1 is 1.35 bits per heavy atom. The van der Waals surface area contributed by atoms with Crippen molar-refractivity contribution in [1.29, 1.82) is 0 Å². The highest BCUT2D eigenvalue weighted by Crippen LogP contribution is 2.28. The minimum absolute atomic E-state index is 0.0687. The Hall–Kier alpha value is -1.36. The number of carbonyl (C=O) groups is 2. The maximum Gasteiger partial charge on any atom is 0.246 e. The van der Waals surface area contributed by atoms with E-state index in [1.807, 2.05) is 25.1 Å². The van der Waals surface area contributed by atoms with Crippen molar-refractivity contribution in [3.63, 3.8) is 0 Å². The highest BCUT2D eigenvalue weighted by Gasteiger charge is 2.22. The summed E-state index contributed by atoms with van der Waals surface area (Å²) in [6, 6.07) is 5.83. The summed E-state index contributed by atoms with van der Waals surface area (Å²) in [4.78, 5) is 24.8. The molecule has 0 saturated carbocycles. The van der Waals surface area contributed by atoms with Crippen molar-refractivity contribution in [2.45, 2.75) is 13.3 Å². The Labute approximate surface area is 108 Å². The molecule has 1 fully saturated rings. The van der Waals surface area contributed by atoms with Crippen LogP contribution in [0.2, 0.25) is 0 Å². The molecule has 1 aliphatic rings. The largest absolute Gasteiger partial charge is 0.347 e. The summed E-state index contributed by atoms with van der Waals surface area (Å²) in [6.07, 6.45) is 0.339. The maximum atomic E-state index is 11.9. The van der Waals surface area contributed by atoms with E-state index in [-0.39, 0.29) is 18.4 Å². The van der Waals surface area contributed by atoms with E-state index >= 15 is 0 Å². The van der Waals surface area contributed by atoms with Gasteiger partial charge in [0.05, 0.1) is 12.2 Å². The van der Waals surface area contributed by atoms with Crippen molar-refractivity contribution in [2.24, 2.45) is 0 Å². The molecule has 1 aromatic rings. The van der Waals surface area contributed by atoms with Crippen molar-refractivity contribution in [1.82, 2.24) is 5.32 Å². The number of benzene rings is 1. The zero-order valence-corrected chi connectivity index (χ0v) is 11.1. The Morgan fingerprint density at radius 3 is 2.88 bits per heavy atom. The first-order valence-corrected chi connectivity index (χ1v) is 6.20. The highest BCUT2D eigenvalue weighted by molar-refractivity contribution is 9.10. The van der Waals surface area contributed by atoms with Crippen molar-refractivity contribution in [3.8, 4) is 0 Å². The van der Waals surface area contributed by atoms with Gasteiger partial charge in [0.25, 0.3) is 0 Å². The summed E-state index contributed by atoms with van der Waals surface area (Å²) < 4.78 is 0.866. The molecule has 0 aromatic heterocycles. The lowest BCUT2D eigenvalue weighted by atomic mass is 10.2. The summed E-state index contributed by atoms with van der Waals surface area (Å²) >= 11 is 3.43. The number of rotatable bonds is 1. The first-order valence-electron chi connectivity index (χ1n) is 5.41. The fraction of sp³-hybridized carbons (Fsp3) is 0.333. The predicted octanol–water partition coefficient (Wildman–Crippen LogP) is 1.61. The van der Waals surface area contributed by atoms with Gasteiger partial charge in [-0.1, -0.05) is 6.07 Å². The van der Waals surface area contributed by atoms with Gasteiger partial charge in [0.15, 0.2) is 0 Å². The predicted molar refractivity (Wildman–Crippen MR) is 68.9 cm³/mol. The number of nitrogens with one attached hydrogen (secondary N) is 1. The fourth-order valence-electron chi connectivity index (χ4n) is 1.78. The maximum absolute atomic E-state index is 11.9. The Balaban J connectivity index is 2.34. The standard InChI is InChI=1S/C12H13BrN2O2/c1-8-2-3-9(13)10(6-8)15-5-4-11(16)14-7-12(15)17/h2-3,6H,4-5,7H2,1H3,(H,14,16). The molecule has 5 heteroatoms. The van der Waals surface area contributed by atoms with E-state index in [1.165, 1.54) is 0 Å². The lowest BCUT2D eigenvalue weighted by molar-refractivity contribution is -0.123. The fourth-order valence-corrected chi connectivity index (χ4v) is 2.24. The second-order valence-corrected chi connectivity index (χ2v) is 4.88. The number of halogens is 1. The van der Waals surface area contributed by atoms with Gasteiger partial charge in [-0.05, 0) is 40.5 Å². The zero-order chi connectivity index (χ0) is 12.4.